The van der Waals surface area contributed by atoms with Crippen LogP contribution in [0.15, 0.2) is 0 Å². The molecule has 0 aromatic carbocycles. The van der Waals surface area contributed by atoms with Crippen LogP contribution in [0.5, 0.6) is 0 Å². The summed E-state index contributed by atoms with van der Waals surface area (Å²) in [6.07, 6.45) is 2.88. The molecule has 0 aromatic rings. The molecule has 4 heteroatoms. The maximum atomic E-state index is 10.7. The molecule has 0 spiro atoms. The standard InChI is InChI=1S/C10H19NO3/c1-8(10(13)14)11-5-2-9(3-6-11)4-7-12/h8-9,12H,2-7H2,1H3,(H,13,14)/t8-/m0/s1. The van der Waals surface area contributed by atoms with Crippen LogP contribution in [0, 0.1) is 5.92 Å². The normalized spacial score (nSPS) is 22.1. The van der Waals surface area contributed by atoms with Gasteiger partial charge in [-0.25, -0.2) is 0 Å². The van der Waals surface area contributed by atoms with Gasteiger partial charge in [0.1, 0.15) is 6.04 Å². The molecule has 2 N–H and O–H groups in total. The zero-order chi connectivity index (χ0) is 10.6. The van der Waals surface area contributed by atoms with Gasteiger partial charge in [-0.1, -0.05) is 0 Å². The largest absolute Gasteiger partial charge is 0.480 e. The van der Waals surface area contributed by atoms with Gasteiger partial charge in [0.05, 0.1) is 0 Å². The van der Waals surface area contributed by atoms with E-state index >= 15 is 0 Å². The Labute approximate surface area is 84.5 Å². The van der Waals surface area contributed by atoms with Crippen molar-refractivity contribution in [3.8, 4) is 0 Å². The lowest BCUT2D eigenvalue weighted by atomic mass is 9.93. The number of piperidine rings is 1. The van der Waals surface area contributed by atoms with Crippen LogP contribution >= 0.6 is 0 Å². The van der Waals surface area contributed by atoms with Crippen molar-refractivity contribution >= 4 is 5.97 Å². The lowest BCUT2D eigenvalue weighted by Gasteiger charge is -2.33. The van der Waals surface area contributed by atoms with E-state index in [1.807, 2.05) is 4.90 Å². The molecule has 0 aliphatic carbocycles. The van der Waals surface area contributed by atoms with Gasteiger partial charge in [-0.15, -0.1) is 0 Å². The zero-order valence-electron chi connectivity index (χ0n) is 8.65. The minimum Gasteiger partial charge on any atom is -0.480 e. The molecule has 1 aliphatic heterocycles. The second-order valence-corrected chi connectivity index (χ2v) is 4.01. The first-order valence-electron chi connectivity index (χ1n) is 5.23. The van der Waals surface area contributed by atoms with Crippen LogP contribution in [0.2, 0.25) is 0 Å². The Kier molecular flexibility index (Phi) is 4.35. The summed E-state index contributed by atoms with van der Waals surface area (Å²) in [6.45, 7) is 3.67. The van der Waals surface area contributed by atoms with Crippen molar-refractivity contribution in [1.82, 2.24) is 4.90 Å². The van der Waals surface area contributed by atoms with Gasteiger partial charge in [-0.2, -0.15) is 0 Å². The van der Waals surface area contributed by atoms with E-state index < -0.39 is 5.97 Å². The van der Waals surface area contributed by atoms with Gasteiger partial charge >= 0.3 is 5.97 Å². The van der Waals surface area contributed by atoms with Crippen LogP contribution in [-0.2, 0) is 4.79 Å². The molecule has 0 aromatic heterocycles. The molecule has 82 valence electrons. The van der Waals surface area contributed by atoms with Gasteiger partial charge in [0.25, 0.3) is 0 Å². The summed E-state index contributed by atoms with van der Waals surface area (Å²) >= 11 is 0. The molecule has 4 nitrogen and oxygen atoms in total. The number of rotatable bonds is 4. The van der Waals surface area contributed by atoms with E-state index in [9.17, 15) is 4.79 Å². The van der Waals surface area contributed by atoms with Gasteiger partial charge in [0, 0.05) is 6.61 Å². The first-order valence-corrected chi connectivity index (χ1v) is 5.23. The second-order valence-electron chi connectivity index (χ2n) is 4.01. The Morgan fingerprint density at radius 1 is 1.50 bits per heavy atom. The van der Waals surface area contributed by atoms with Crippen molar-refractivity contribution in [2.24, 2.45) is 5.92 Å². The third-order valence-corrected chi connectivity index (χ3v) is 3.09. The number of likely N-dealkylation sites (tertiary alicyclic amines) is 1. The number of carbonyl (C=O) groups is 1. The summed E-state index contributed by atoms with van der Waals surface area (Å²) < 4.78 is 0. The average molecular weight is 201 g/mol. The number of aliphatic hydroxyl groups is 1. The third-order valence-electron chi connectivity index (χ3n) is 3.09. The van der Waals surface area contributed by atoms with Crippen LogP contribution in [0.25, 0.3) is 0 Å². The summed E-state index contributed by atoms with van der Waals surface area (Å²) in [4.78, 5) is 12.7. The minimum absolute atomic E-state index is 0.249. The highest BCUT2D eigenvalue weighted by Crippen LogP contribution is 2.21. The first-order chi connectivity index (χ1) is 6.65. The molecule has 1 fully saturated rings. The highest BCUT2D eigenvalue weighted by Gasteiger charge is 2.25. The van der Waals surface area contributed by atoms with Gasteiger partial charge in [-0.3, -0.25) is 9.69 Å². The van der Waals surface area contributed by atoms with Gasteiger partial charge in [-0.05, 0) is 45.2 Å². The summed E-state index contributed by atoms with van der Waals surface area (Å²) in [5, 5.41) is 17.6. The van der Waals surface area contributed by atoms with E-state index in [0.717, 1.165) is 32.4 Å². The summed E-state index contributed by atoms with van der Waals surface area (Å²) in [7, 11) is 0. The van der Waals surface area contributed by atoms with Gasteiger partial charge in [0.2, 0.25) is 0 Å². The first kappa shape index (κ1) is 11.5. The Bertz CT molecular complexity index is 188. The molecule has 0 radical (unpaired) electrons. The fourth-order valence-corrected chi connectivity index (χ4v) is 1.97. The van der Waals surface area contributed by atoms with Crippen molar-refractivity contribution in [3.05, 3.63) is 0 Å². The van der Waals surface area contributed by atoms with E-state index in [4.69, 9.17) is 10.2 Å². The van der Waals surface area contributed by atoms with E-state index in [1.54, 1.807) is 6.92 Å². The van der Waals surface area contributed by atoms with Crippen molar-refractivity contribution in [2.45, 2.75) is 32.2 Å². The van der Waals surface area contributed by atoms with Crippen molar-refractivity contribution < 1.29 is 15.0 Å². The summed E-state index contributed by atoms with van der Waals surface area (Å²) in [6, 6.07) is -0.370. The lowest BCUT2D eigenvalue weighted by molar-refractivity contribution is -0.143. The molecular weight excluding hydrogens is 182 g/mol. The molecule has 1 saturated heterocycles. The fraction of sp³-hybridized carbons (Fsp3) is 0.900. The average Bonchev–Trinajstić information content (AvgIpc) is 2.18. The van der Waals surface area contributed by atoms with Crippen molar-refractivity contribution in [1.29, 1.82) is 0 Å². The van der Waals surface area contributed by atoms with Crippen LogP contribution in [0.1, 0.15) is 26.2 Å². The zero-order valence-corrected chi connectivity index (χ0v) is 8.65. The molecule has 0 unspecified atom stereocenters. The number of aliphatic hydroxyl groups excluding tert-OH is 1. The van der Waals surface area contributed by atoms with Gasteiger partial charge < -0.3 is 10.2 Å². The fourth-order valence-electron chi connectivity index (χ4n) is 1.97. The van der Waals surface area contributed by atoms with Crippen LogP contribution < -0.4 is 0 Å². The SMILES string of the molecule is C[C@@H](C(=O)O)N1CCC(CCO)CC1. The smallest absolute Gasteiger partial charge is 0.320 e. The molecule has 1 rings (SSSR count). The molecule has 1 atom stereocenters. The van der Waals surface area contributed by atoms with Crippen LogP contribution in [-0.4, -0.2) is 46.8 Å². The Morgan fingerprint density at radius 2 is 2.07 bits per heavy atom. The highest BCUT2D eigenvalue weighted by molar-refractivity contribution is 5.72. The Balaban J connectivity index is 2.31. The number of hydrogen-bond acceptors (Lipinski definition) is 3. The van der Waals surface area contributed by atoms with Crippen molar-refractivity contribution in [2.75, 3.05) is 19.7 Å². The van der Waals surface area contributed by atoms with Crippen LogP contribution in [0.3, 0.4) is 0 Å². The van der Waals surface area contributed by atoms with Crippen molar-refractivity contribution in [3.63, 3.8) is 0 Å². The maximum absolute atomic E-state index is 10.7. The highest BCUT2D eigenvalue weighted by atomic mass is 16.4. The predicted molar refractivity (Wildman–Crippen MR) is 53.1 cm³/mol. The van der Waals surface area contributed by atoms with E-state index in [-0.39, 0.29) is 12.6 Å². The predicted octanol–water partition coefficient (Wildman–Crippen LogP) is 0.554. The summed E-state index contributed by atoms with van der Waals surface area (Å²) in [5.74, 6) is -0.164. The molecule has 1 heterocycles. The second kappa shape index (κ2) is 5.32. The molecule has 0 saturated carbocycles. The minimum atomic E-state index is -0.745. The summed E-state index contributed by atoms with van der Waals surface area (Å²) in [5.41, 5.74) is 0. The van der Waals surface area contributed by atoms with Gasteiger partial charge in [0.15, 0.2) is 0 Å². The quantitative estimate of drug-likeness (QED) is 0.697. The topological polar surface area (TPSA) is 60.8 Å². The number of hydrogen-bond donors (Lipinski definition) is 2. The molecule has 1 aliphatic rings. The Hall–Kier alpha value is -0.610. The van der Waals surface area contributed by atoms with E-state index in [0.29, 0.717) is 5.92 Å². The lowest BCUT2D eigenvalue weighted by Crippen LogP contribution is -2.44. The molecule has 0 bridgehead atoms. The molecule has 0 amide bonds. The third kappa shape index (κ3) is 2.96. The maximum Gasteiger partial charge on any atom is 0.320 e. The number of carboxylic acid groups (broad SMARTS) is 1. The molecular formula is C10H19NO3. The number of aliphatic carboxylic acids is 1. The Morgan fingerprint density at radius 3 is 2.50 bits per heavy atom. The van der Waals surface area contributed by atoms with E-state index in [2.05, 4.69) is 0 Å². The number of carboxylic acids is 1. The van der Waals surface area contributed by atoms with E-state index in [1.165, 1.54) is 0 Å². The van der Waals surface area contributed by atoms with Crippen LogP contribution in [0.4, 0.5) is 0 Å². The molecule has 14 heavy (non-hydrogen) atoms. The monoisotopic (exact) mass is 201 g/mol. The number of nitrogens with zero attached hydrogens (tertiary/aromatic N) is 1.